The molecule has 0 radical (unpaired) electrons. The maximum absolute atomic E-state index is 12.4. The summed E-state index contributed by atoms with van der Waals surface area (Å²) in [5.74, 6) is 0.504. The molecule has 1 heterocycles. The van der Waals surface area contributed by atoms with Crippen LogP contribution >= 0.6 is 11.6 Å². The van der Waals surface area contributed by atoms with Gasteiger partial charge in [0.2, 0.25) is 0 Å². The monoisotopic (exact) mass is 301 g/mol. The Morgan fingerprint density at radius 1 is 1.33 bits per heavy atom. The normalized spacial score (nSPS) is 16.2. The average Bonchev–Trinajstić information content (AvgIpc) is 2.85. The van der Waals surface area contributed by atoms with Crippen LogP contribution < -0.4 is 10.1 Å². The van der Waals surface area contributed by atoms with E-state index >= 15 is 0 Å². The predicted octanol–water partition coefficient (Wildman–Crippen LogP) is 3.59. The van der Waals surface area contributed by atoms with Gasteiger partial charge in [0.05, 0.1) is 5.56 Å². The minimum absolute atomic E-state index is 0.0825. The lowest BCUT2D eigenvalue weighted by molar-refractivity contribution is 0.0946. The second kappa shape index (κ2) is 5.78. The number of rotatable bonds is 3. The third-order valence-corrected chi connectivity index (χ3v) is 3.72. The molecule has 0 fully saturated rings. The topological polar surface area (TPSA) is 38.3 Å². The SMILES string of the molecule is CC1Cc2cc(Cl)cc(C(=O)NCc3ccccc3)c2O1. The lowest BCUT2D eigenvalue weighted by atomic mass is 10.1. The molecule has 1 atom stereocenters. The zero-order valence-electron chi connectivity index (χ0n) is 11.7. The number of carbonyl (C=O) groups excluding carboxylic acids is 1. The zero-order chi connectivity index (χ0) is 14.8. The summed E-state index contributed by atoms with van der Waals surface area (Å²) in [6, 6.07) is 13.3. The van der Waals surface area contributed by atoms with Gasteiger partial charge < -0.3 is 10.1 Å². The van der Waals surface area contributed by atoms with Gasteiger partial charge in [-0.2, -0.15) is 0 Å². The number of hydrogen-bond donors (Lipinski definition) is 1. The molecule has 4 heteroatoms. The molecule has 0 saturated heterocycles. The standard InChI is InChI=1S/C17H16ClNO2/c1-11-7-13-8-14(18)9-15(16(13)21-11)17(20)19-10-12-5-3-2-4-6-12/h2-6,8-9,11H,7,10H2,1H3,(H,19,20). The van der Waals surface area contributed by atoms with Crippen molar-refractivity contribution in [1.29, 1.82) is 0 Å². The molecule has 3 nitrogen and oxygen atoms in total. The number of amides is 1. The molecule has 0 saturated carbocycles. The summed E-state index contributed by atoms with van der Waals surface area (Å²) in [5.41, 5.74) is 2.57. The number of nitrogens with one attached hydrogen (secondary N) is 1. The molecule has 3 rings (SSSR count). The second-order valence-corrected chi connectivity index (χ2v) is 5.68. The Balaban J connectivity index is 1.79. The molecular formula is C17H16ClNO2. The Morgan fingerprint density at radius 3 is 2.86 bits per heavy atom. The van der Waals surface area contributed by atoms with Crippen LogP contribution in [0.3, 0.4) is 0 Å². The van der Waals surface area contributed by atoms with Crippen molar-refractivity contribution in [3.05, 3.63) is 64.2 Å². The molecule has 2 aromatic rings. The number of fused-ring (bicyclic) bond motifs is 1. The van der Waals surface area contributed by atoms with E-state index in [1.54, 1.807) is 6.07 Å². The summed E-state index contributed by atoms with van der Waals surface area (Å²) in [6.07, 6.45) is 0.869. The highest BCUT2D eigenvalue weighted by Crippen LogP contribution is 2.35. The van der Waals surface area contributed by atoms with Crippen molar-refractivity contribution >= 4 is 17.5 Å². The maximum Gasteiger partial charge on any atom is 0.255 e. The Hall–Kier alpha value is -2.00. The Bertz CT molecular complexity index is 670. The van der Waals surface area contributed by atoms with Crippen LogP contribution in [0.5, 0.6) is 5.75 Å². The van der Waals surface area contributed by atoms with E-state index in [0.717, 1.165) is 17.5 Å². The van der Waals surface area contributed by atoms with Crippen LogP contribution in [0.4, 0.5) is 0 Å². The van der Waals surface area contributed by atoms with Gasteiger partial charge in [-0.15, -0.1) is 0 Å². The van der Waals surface area contributed by atoms with Gasteiger partial charge in [-0.3, -0.25) is 4.79 Å². The lowest BCUT2D eigenvalue weighted by Crippen LogP contribution is -2.23. The molecule has 1 amide bonds. The first-order valence-electron chi connectivity index (χ1n) is 6.94. The fourth-order valence-electron chi connectivity index (χ4n) is 2.54. The third-order valence-electron chi connectivity index (χ3n) is 3.50. The number of carbonyl (C=O) groups is 1. The predicted molar refractivity (Wildman–Crippen MR) is 82.9 cm³/mol. The number of hydrogen-bond acceptors (Lipinski definition) is 2. The van der Waals surface area contributed by atoms with Crippen molar-refractivity contribution in [2.75, 3.05) is 0 Å². The van der Waals surface area contributed by atoms with Crippen LogP contribution in [-0.2, 0) is 13.0 Å². The molecule has 2 aromatic carbocycles. The van der Waals surface area contributed by atoms with Gasteiger partial charge in [-0.25, -0.2) is 0 Å². The molecule has 0 aromatic heterocycles. The van der Waals surface area contributed by atoms with Crippen molar-refractivity contribution < 1.29 is 9.53 Å². The molecule has 0 spiro atoms. The highest BCUT2D eigenvalue weighted by molar-refractivity contribution is 6.31. The van der Waals surface area contributed by atoms with Crippen molar-refractivity contribution in [2.24, 2.45) is 0 Å². The van der Waals surface area contributed by atoms with E-state index in [9.17, 15) is 4.79 Å². The lowest BCUT2D eigenvalue weighted by Gasteiger charge is -2.11. The van der Waals surface area contributed by atoms with Crippen LogP contribution in [-0.4, -0.2) is 12.0 Å². The Kier molecular flexibility index (Phi) is 3.84. The number of benzene rings is 2. The van der Waals surface area contributed by atoms with Crippen LogP contribution in [0.1, 0.15) is 28.4 Å². The van der Waals surface area contributed by atoms with Gasteiger partial charge in [-0.05, 0) is 24.6 Å². The quantitative estimate of drug-likeness (QED) is 0.941. The molecule has 108 valence electrons. The van der Waals surface area contributed by atoms with Gasteiger partial charge >= 0.3 is 0 Å². The first-order chi connectivity index (χ1) is 10.1. The van der Waals surface area contributed by atoms with Crippen molar-refractivity contribution in [3.63, 3.8) is 0 Å². The first-order valence-corrected chi connectivity index (χ1v) is 7.32. The molecule has 21 heavy (non-hydrogen) atoms. The first kappa shape index (κ1) is 14.0. The minimum Gasteiger partial charge on any atom is -0.489 e. The smallest absolute Gasteiger partial charge is 0.255 e. The molecule has 0 bridgehead atoms. The van der Waals surface area contributed by atoms with E-state index in [-0.39, 0.29) is 12.0 Å². The van der Waals surface area contributed by atoms with Crippen LogP contribution in [0.2, 0.25) is 5.02 Å². The zero-order valence-corrected chi connectivity index (χ0v) is 12.5. The number of ether oxygens (including phenoxy) is 1. The van der Waals surface area contributed by atoms with Gasteiger partial charge in [0.1, 0.15) is 11.9 Å². The van der Waals surface area contributed by atoms with Crippen molar-refractivity contribution in [2.45, 2.75) is 26.0 Å². The summed E-state index contributed by atoms with van der Waals surface area (Å²) in [6.45, 7) is 2.47. The van der Waals surface area contributed by atoms with E-state index in [0.29, 0.717) is 22.9 Å². The third kappa shape index (κ3) is 3.03. The summed E-state index contributed by atoms with van der Waals surface area (Å²) in [5, 5.41) is 3.48. The van der Waals surface area contributed by atoms with Gasteiger partial charge in [-0.1, -0.05) is 41.9 Å². The van der Waals surface area contributed by atoms with E-state index in [1.165, 1.54) is 0 Å². The van der Waals surface area contributed by atoms with E-state index in [2.05, 4.69) is 5.32 Å². The summed E-state index contributed by atoms with van der Waals surface area (Å²) < 4.78 is 5.75. The van der Waals surface area contributed by atoms with Gasteiger partial charge in [0.25, 0.3) is 5.91 Å². The summed E-state index contributed by atoms with van der Waals surface area (Å²) in [4.78, 5) is 12.4. The van der Waals surface area contributed by atoms with Crippen LogP contribution in [0, 0.1) is 0 Å². The number of halogens is 1. The van der Waals surface area contributed by atoms with Crippen molar-refractivity contribution in [1.82, 2.24) is 5.32 Å². The Labute approximate surface area is 128 Å². The molecule has 0 aliphatic carbocycles. The molecule has 1 unspecified atom stereocenters. The van der Waals surface area contributed by atoms with E-state index < -0.39 is 0 Å². The maximum atomic E-state index is 12.4. The van der Waals surface area contributed by atoms with Crippen LogP contribution in [0.25, 0.3) is 0 Å². The van der Waals surface area contributed by atoms with Gasteiger partial charge in [0.15, 0.2) is 0 Å². The molecule has 1 aliphatic rings. The van der Waals surface area contributed by atoms with E-state index in [4.69, 9.17) is 16.3 Å². The summed E-state index contributed by atoms with van der Waals surface area (Å²) >= 11 is 6.10. The second-order valence-electron chi connectivity index (χ2n) is 5.24. The van der Waals surface area contributed by atoms with Crippen LogP contribution in [0.15, 0.2) is 42.5 Å². The fraction of sp³-hybridized carbons (Fsp3) is 0.235. The Morgan fingerprint density at radius 2 is 2.10 bits per heavy atom. The highest BCUT2D eigenvalue weighted by atomic mass is 35.5. The van der Waals surface area contributed by atoms with Gasteiger partial charge in [0, 0.05) is 23.6 Å². The van der Waals surface area contributed by atoms with Crippen molar-refractivity contribution in [3.8, 4) is 5.75 Å². The average molecular weight is 302 g/mol. The largest absolute Gasteiger partial charge is 0.489 e. The molecule has 1 aliphatic heterocycles. The minimum atomic E-state index is -0.160. The highest BCUT2D eigenvalue weighted by Gasteiger charge is 2.25. The molecule has 1 N–H and O–H groups in total. The molecular weight excluding hydrogens is 286 g/mol. The van der Waals surface area contributed by atoms with E-state index in [1.807, 2.05) is 43.3 Å². The fourth-order valence-corrected chi connectivity index (χ4v) is 2.78. The summed E-state index contributed by atoms with van der Waals surface area (Å²) in [7, 11) is 0.